The molecule has 1 aliphatic heterocycles. The second-order valence-corrected chi connectivity index (χ2v) is 5.35. The van der Waals surface area contributed by atoms with Gasteiger partial charge in [-0.2, -0.15) is 0 Å². The van der Waals surface area contributed by atoms with Gasteiger partial charge in [-0.05, 0) is 0 Å². The Labute approximate surface area is 103 Å². The molecule has 0 amide bonds. The summed E-state index contributed by atoms with van der Waals surface area (Å²) in [4.78, 5) is 15.4. The zero-order chi connectivity index (χ0) is 11.8. The number of carbonyl (C=O) groups is 1. The monoisotopic (exact) mass is 265 g/mol. The van der Waals surface area contributed by atoms with Gasteiger partial charge in [0, 0.05) is 11.5 Å². The molecule has 1 aliphatic rings. The lowest BCUT2D eigenvalue weighted by Crippen LogP contribution is -2.25. The van der Waals surface area contributed by atoms with E-state index in [1.54, 1.807) is 0 Å². The molecule has 0 saturated carbocycles. The van der Waals surface area contributed by atoms with Crippen molar-refractivity contribution in [2.75, 3.05) is 38.4 Å². The van der Waals surface area contributed by atoms with Crippen LogP contribution < -0.4 is 0 Å². The van der Waals surface area contributed by atoms with Crippen molar-refractivity contribution in [1.82, 2.24) is 0 Å². The van der Waals surface area contributed by atoms with Crippen molar-refractivity contribution in [3.8, 4) is 0 Å². The number of aliphatic hydroxyl groups is 1. The highest BCUT2D eigenvalue weighted by Gasteiger charge is 2.18. The van der Waals surface area contributed by atoms with Crippen molar-refractivity contribution >= 4 is 33.9 Å². The summed E-state index contributed by atoms with van der Waals surface area (Å²) < 4.78 is 10.6. The van der Waals surface area contributed by atoms with E-state index in [0.717, 1.165) is 15.9 Å². The van der Waals surface area contributed by atoms with Crippen molar-refractivity contribution in [2.45, 2.75) is 6.04 Å². The molecule has 7 heteroatoms. The van der Waals surface area contributed by atoms with Gasteiger partial charge in [-0.25, -0.2) is 4.79 Å². The Morgan fingerprint density at radius 2 is 2.19 bits per heavy atom. The first-order chi connectivity index (χ1) is 7.77. The highest BCUT2D eigenvalue weighted by molar-refractivity contribution is 8.38. The fourth-order valence-electron chi connectivity index (χ4n) is 1.03. The van der Waals surface area contributed by atoms with E-state index in [4.69, 9.17) is 9.84 Å². The maximum atomic E-state index is 11.2. The smallest absolute Gasteiger partial charge is 0.333 e. The van der Waals surface area contributed by atoms with Gasteiger partial charge in [0.25, 0.3) is 0 Å². The lowest BCUT2D eigenvalue weighted by Gasteiger charge is -2.13. The maximum absolute atomic E-state index is 11.2. The number of methoxy groups -OCH3 is 1. The van der Waals surface area contributed by atoms with E-state index in [1.807, 2.05) is 0 Å². The first-order valence-electron chi connectivity index (χ1n) is 4.87. The summed E-state index contributed by atoms with van der Waals surface area (Å²) in [6, 6.07) is -0.805. The Kier molecular flexibility index (Phi) is 6.86. The Balaban J connectivity index is 2.58. The number of thioether (sulfide) groups is 2. The van der Waals surface area contributed by atoms with Crippen molar-refractivity contribution < 1.29 is 19.4 Å². The van der Waals surface area contributed by atoms with E-state index in [0.29, 0.717) is 13.2 Å². The molecule has 16 heavy (non-hydrogen) atoms. The molecule has 0 aliphatic carbocycles. The molecule has 1 N–H and O–H groups in total. The standard InChI is InChI=1S/C9H15NO4S2/c1-13-8(12)7(6-11)10-9-15-4-2-14-3-5-16-9/h7,11H,2-6H2,1H3/t7-/m0/s1. The highest BCUT2D eigenvalue weighted by Crippen LogP contribution is 2.20. The van der Waals surface area contributed by atoms with Crippen LogP contribution >= 0.6 is 23.5 Å². The number of hydrogen-bond acceptors (Lipinski definition) is 7. The van der Waals surface area contributed by atoms with Crippen molar-refractivity contribution in [1.29, 1.82) is 0 Å². The normalized spacial score (nSPS) is 19.5. The van der Waals surface area contributed by atoms with Gasteiger partial charge in [-0.3, -0.25) is 4.99 Å². The number of nitrogens with zero attached hydrogens (tertiary/aromatic N) is 1. The third-order valence-electron chi connectivity index (χ3n) is 1.81. The van der Waals surface area contributed by atoms with Crippen LogP contribution in [0.15, 0.2) is 4.99 Å². The molecule has 1 saturated heterocycles. The van der Waals surface area contributed by atoms with Crippen LogP contribution in [0.5, 0.6) is 0 Å². The van der Waals surface area contributed by atoms with Crippen molar-refractivity contribution in [2.24, 2.45) is 4.99 Å². The Hall–Kier alpha value is -0.240. The predicted molar refractivity (Wildman–Crippen MR) is 66.1 cm³/mol. The van der Waals surface area contributed by atoms with Crippen LogP contribution in [0, 0.1) is 0 Å². The van der Waals surface area contributed by atoms with E-state index in [9.17, 15) is 4.79 Å². The molecule has 1 atom stereocenters. The average molecular weight is 265 g/mol. The number of hydrogen-bond donors (Lipinski definition) is 1. The summed E-state index contributed by atoms with van der Waals surface area (Å²) in [6.07, 6.45) is 0. The molecule has 0 unspecified atom stereocenters. The molecule has 0 aromatic heterocycles. The van der Waals surface area contributed by atoms with Gasteiger partial charge in [-0.1, -0.05) is 23.5 Å². The predicted octanol–water partition coefficient (Wildman–Crippen LogP) is 0.373. The summed E-state index contributed by atoms with van der Waals surface area (Å²) in [5, 5.41) is 9.03. The van der Waals surface area contributed by atoms with Crippen LogP contribution in [-0.4, -0.2) is 59.9 Å². The van der Waals surface area contributed by atoms with Crippen LogP contribution in [0.1, 0.15) is 0 Å². The van der Waals surface area contributed by atoms with Gasteiger partial charge < -0.3 is 14.6 Å². The summed E-state index contributed by atoms with van der Waals surface area (Å²) in [7, 11) is 1.29. The van der Waals surface area contributed by atoms with Crippen LogP contribution in [0.4, 0.5) is 0 Å². The molecule has 92 valence electrons. The molecule has 1 heterocycles. The largest absolute Gasteiger partial charge is 0.467 e. The van der Waals surface area contributed by atoms with Crippen molar-refractivity contribution in [3.63, 3.8) is 0 Å². The number of aliphatic imine (C=N–C) groups is 1. The molecular formula is C9H15NO4S2. The minimum atomic E-state index is -0.805. The molecular weight excluding hydrogens is 250 g/mol. The van der Waals surface area contributed by atoms with Gasteiger partial charge >= 0.3 is 5.97 Å². The number of carbonyl (C=O) groups excluding carboxylic acids is 1. The second kappa shape index (κ2) is 7.94. The Morgan fingerprint density at radius 1 is 1.56 bits per heavy atom. The molecule has 0 spiro atoms. The summed E-state index contributed by atoms with van der Waals surface area (Å²) >= 11 is 3.08. The van der Waals surface area contributed by atoms with Gasteiger partial charge in [-0.15, -0.1) is 0 Å². The maximum Gasteiger partial charge on any atom is 0.333 e. The fraction of sp³-hybridized carbons (Fsp3) is 0.778. The molecule has 0 bridgehead atoms. The molecule has 0 aromatic carbocycles. The van der Waals surface area contributed by atoms with Gasteiger partial charge in [0.05, 0.1) is 26.9 Å². The quantitative estimate of drug-likeness (QED) is 0.744. The Morgan fingerprint density at radius 3 is 2.69 bits per heavy atom. The number of aliphatic hydroxyl groups excluding tert-OH is 1. The van der Waals surface area contributed by atoms with Gasteiger partial charge in [0.1, 0.15) is 4.38 Å². The molecule has 1 fully saturated rings. The van der Waals surface area contributed by atoms with E-state index in [-0.39, 0.29) is 6.61 Å². The van der Waals surface area contributed by atoms with Crippen molar-refractivity contribution in [3.05, 3.63) is 0 Å². The van der Waals surface area contributed by atoms with Gasteiger partial charge in [0.2, 0.25) is 0 Å². The van der Waals surface area contributed by atoms with E-state index < -0.39 is 12.0 Å². The number of ether oxygens (including phenoxy) is 2. The molecule has 5 nitrogen and oxygen atoms in total. The summed E-state index contributed by atoms with van der Waals surface area (Å²) in [5.41, 5.74) is 0. The lowest BCUT2D eigenvalue weighted by atomic mass is 10.3. The molecule has 1 rings (SSSR count). The zero-order valence-corrected chi connectivity index (χ0v) is 10.7. The highest BCUT2D eigenvalue weighted by atomic mass is 32.2. The third-order valence-corrected chi connectivity index (χ3v) is 3.97. The van der Waals surface area contributed by atoms with Crippen LogP contribution in [0.2, 0.25) is 0 Å². The first kappa shape index (κ1) is 13.8. The number of rotatable bonds is 3. The van der Waals surface area contributed by atoms with Crippen LogP contribution in [0.25, 0.3) is 0 Å². The summed E-state index contributed by atoms with van der Waals surface area (Å²) in [5.74, 6) is 1.12. The minimum absolute atomic E-state index is 0.326. The second-order valence-electron chi connectivity index (χ2n) is 2.93. The topological polar surface area (TPSA) is 68.1 Å². The van der Waals surface area contributed by atoms with E-state index in [1.165, 1.54) is 30.6 Å². The fourth-order valence-corrected chi connectivity index (χ4v) is 3.01. The SMILES string of the molecule is COC(=O)[C@H](CO)N=C1SCCOCCS1. The summed E-state index contributed by atoms with van der Waals surface area (Å²) in [6.45, 7) is 1.05. The molecule has 0 aromatic rings. The van der Waals surface area contributed by atoms with E-state index >= 15 is 0 Å². The third kappa shape index (κ3) is 4.73. The zero-order valence-electron chi connectivity index (χ0n) is 9.05. The minimum Gasteiger partial charge on any atom is -0.467 e. The molecule has 0 radical (unpaired) electrons. The van der Waals surface area contributed by atoms with E-state index in [2.05, 4.69) is 9.73 Å². The Bertz CT molecular complexity index is 250. The van der Waals surface area contributed by atoms with Gasteiger partial charge in [0.15, 0.2) is 6.04 Å². The van der Waals surface area contributed by atoms with Crippen LogP contribution in [-0.2, 0) is 14.3 Å². The average Bonchev–Trinajstić information content (AvgIpc) is 2.27. The lowest BCUT2D eigenvalue weighted by molar-refractivity contribution is -0.142. The first-order valence-corrected chi connectivity index (χ1v) is 6.85. The van der Waals surface area contributed by atoms with Crippen LogP contribution in [0.3, 0.4) is 0 Å². The number of esters is 1.